The third kappa shape index (κ3) is 5.68. The average molecular weight is 386 g/mol. The van der Waals surface area contributed by atoms with E-state index in [4.69, 9.17) is 4.74 Å². The molecule has 0 heterocycles. The maximum absolute atomic E-state index is 12.7. The summed E-state index contributed by atoms with van der Waals surface area (Å²) in [4.78, 5) is 37.4. The molecule has 0 bridgehead atoms. The van der Waals surface area contributed by atoms with E-state index in [0.717, 1.165) is 19.3 Å². The second-order valence-corrected chi connectivity index (χ2v) is 7.46. The van der Waals surface area contributed by atoms with Crippen LogP contribution in [-0.4, -0.2) is 30.9 Å². The lowest BCUT2D eigenvalue weighted by Crippen LogP contribution is -2.45. The Morgan fingerprint density at radius 2 is 1.86 bits per heavy atom. The van der Waals surface area contributed by atoms with Gasteiger partial charge in [0, 0.05) is 6.54 Å². The first-order valence-electron chi connectivity index (χ1n) is 9.90. The molecule has 0 unspecified atom stereocenters. The number of ether oxygens (including phenoxy) is 1. The summed E-state index contributed by atoms with van der Waals surface area (Å²) in [7, 11) is 0. The van der Waals surface area contributed by atoms with Gasteiger partial charge < -0.3 is 15.4 Å². The van der Waals surface area contributed by atoms with Crippen LogP contribution in [0.2, 0.25) is 0 Å². The molecule has 0 spiro atoms. The molecule has 0 saturated heterocycles. The van der Waals surface area contributed by atoms with Gasteiger partial charge in [0.15, 0.2) is 0 Å². The number of nitrogens with one attached hydrogen (secondary N) is 2. The number of rotatable bonds is 8. The number of hydrogen-bond acceptors (Lipinski definition) is 4. The van der Waals surface area contributed by atoms with E-state index in [9.17, 15) is 14.4 Å². The highest BCUT2D eigenvalue weighted by Crippen LogP contribution is 2.23. The molecule has 0 aromatic heterocycles. The summed E-state index contributed by atoms with van der Waals surface area (Å²) in [6.45, 7) is 5.62. The second kappa shape index (κ2) is 10.1. The number of hydrogen-bond donors (Lipinski definition) is 2. The van der Waals surface area contributed by atoms with E-state index in [-0.39, 0.29) is 18.1 Å². The molecule has 6 heteroatoms. The van der Waals surface area contributed by atoms with Crippen LogP contribution in [-0.2, 0) is 14.3 Å². The van der Waals surface area contributed by atoms with E-state index in [0.29, 0.717) is 12.2 Å². The van der Waals surface area contributed by atoms with E-state index in [1.807, 2.05) is 0 Å². The van der Waals surface area contributed by atoms with Crippen LogP contribution < -0.4 is 10.6 Å². The molecule has 2 rings (SSSR count). The molecule has 152 valence electrons. The number of allylic oxidation sites excluding steroid dienone is 1. The molecule has 0 radical (unpaired) electrons. The first-order valence-corrected chi connectivity index (χ1v) is 9.90. The average Bonchev–Trinajstić information content (AvgIpc) is 2.69. The fraction of sp³-hybridized carbons (Fsp3) is 0.500. The van der Waals surface area contributed by atoms with Gasteiger partial charge in [-0.15, -0.1) is 0 Å². The largest absolute Gasteiger partial charge is 0.462 e. The lowest BCUT2D eigenvalue weighted by Gasteiger charge is -2.23. The Hall–Kier alpha value is -2.63. The van der Waals surface area contributed by atoms with Gasteiger partial charge in [-0.3, -0.25) is 9.59 Å². The molecule has 28 heavy (non-hydrogen) atoms. The summed E-state index contributed by atoms with van der Waals surface area (Å²) in [5.41, 5.74) is 0.692. The lowest BCUT2D eigenvalue weighted by atomic mass is 9.90. The summed E-state index contributed by atoms with van der Waals surface area (Å²) >= 11 is 0. The molecule has 6 nitrogen and oxygen atoms in total. The molecule has 1 aromatic carbocycles. The van der Waals surface area contributed by atoms with E-state index < -0.39 is 17.3 Å². The van der Waals surface area contributed by atoms with Crippen molar-refractivity contribution in [2.75, 3.05) is 18.5 Å². The molecule has 1 aliphatic rings. The number of para-hydroxylation sites is 1. The predicted molar refractivity (Wildman–Crippen MR) is 109 cm³/mol. The molecule has 0 aliphatic heterocycles. The van der Waals surface area contributed by atoms with Crippen LogP contribution in [0.1, 0.15) is 63.2 Å². The van der Waals surface area contributed by atoms with E-state index >= 15 is 0 Å². The highest BCUT2D eigenvalue weighted by Gasteiger charge is 2.36. The van der Waals surface area contributed by atoms with Crippen molar-refractivity contribution in [1.82, 2.24) is 5.32 Å². The maximum Gasteiger partial charge on any atom is 0.340 e. The Balaban J connectivity index is 1.97. The molecule has 0 fully saturated rings. The van der Waals surface area contributed by atoms with Crippen LogP contribution >= 0.6 is 0 Å². The monoisotopic (exact) mass is 386 g/mol. The SMILES string of the molecule is CCOC(=O)c1ccccc1NC(=O)C(C)(C)C(=O)NCCC1=CCCCC1. The number of anilines is 1. The van der Waals surface area contributed by atoms with E-state index in [1.165, 1.54) is 18.4 Å². The normalized spacial score (nSPS) is 14.0. The minimum absolute atomic E-state index is 0.242. The van der Waals surface area contributed by atoms with Crippen molar-refractivity contribution in [3.8, 4) is 0 Å². The molecule has 2 amide bonds. The predicted octanol–water partition coefficient (Wildman–Crippen LogP) is 3.83. The van der Waals surface area contributed by atoms with E-state index in [1.54, 1.807) is 45.0 Å². The summed E-state index contributed by atoms with van der Waals surface area (Å²) in [6.07, 6.45) is 7.69. The van der Waals surface area contributed by atoms with Gasteiger partial charge >= 0.3 is 5.97 Å². The maximum atomic E-state index is 12.7. The summed E-state index contributed by atoms with van der Waals surface area (Å²) in [6, 6.07) is 6.61. The van der Waals surface area contributed by atoms with Crippen LogP contribution in [0.5, 0.6) is 0 Å². The van der Waals surface area contributed by atoms with Crippen molar-refractivity contribution < 1.29 is 19.1 Å². The van der Waals surface area contributed by atoms with Gasteiger partial charge in [0.25, 0.3) is 0 Å². The van der Waals surface area contributed by atoms with Crippen molar-refractivity contribution in [2.24, 2.45) is 5.41 Å². The quantitative estimate of drug-likeness (QED) is 0.404. The molecule has 0 saturated carbocycles. The van der Waals surface area contributed by atoms with Crippen molar-refractivity contribution >= 4 is 23.5 Å². The van der Waals surface area contributed by atoms with Crippen LogP contribution in [0.4, 0.5) is 5.69 Å². The first-order chi connectivity index (χ1) is 13.4. The number of carbonyl (C=O) groups excluding carboxylic acids is 3. The Bertz CT molecular complexity index is 753. The third-order valence-electron chi connectivity index (χ3n) is 4.92. The van der Waals surface area contributed by atoms with Crippen LogP contribution in [0.25, 0.3) is 0 Å². The highest BCUT2D eigenvalue weighted by atomic mass is 16.5. The van der Waals surface area contributed by atoms with Crippen molar-refractivity contribution in [3.05, 3.63) is 41.5 Å². The zero-order valence-electron chi connectivity index (χ0n) is 17.0. The Morgan fingerprint density at radius 3 is 2.54 bits per heavy atom. The van der Waals surface area contributed by atoms with Gasteiger partial charge in [-0.05, 0) is 65.0 Å². The Labute approximate surface area is 166 Å². The van der Waals surface area contributed by atoms with Crippen LogP contribution in [0.3, 0.4) is 0 Å². The van der Waals surface area contributed by atoms with Gasteiger partial charge in [0.2, 0.25) is 11.8 Å². The number of amides is 2. The van der Waals surface area contributed by atoms with Gasteiger partial charge in [-0.1, -0.05) is 23.8 Å². The molecular formula is C22H30N2O4. The first kappa shape index (κ1) is 21.7. The number of benzene rings is 1. The van der Waals surface area contributed by atoms with Gasteiger partial charge in [-0.2, -0.15) is 0 Å². The lowest BCUT2D eigenvalue weighted by molar-refractivity contribution is -0.138. The topological polar surface area (TPSA) is 84.5 Å². The fourth-order valence-corrected chi connectivity index (χ4v) is 3.05. The third-order valence-corrected chi connectivity index (χ3v) is 4.92. The number of carbonyl (C=O) groups is 3. The minimum Gasteiger partial charge on any atom is -0.462 e. The van der Waals surface area contributed by atoms with Gasteiger partial charge in [-0.25, -0.2) is 4.79 Å². The molecule has 1 aliphatic carbocycles. The van der Waals surface area contributed by atoms with E-state index in [2.05, 4.69) is 16.7 Å². The van der Waals surface area contributed by atoms with Crippen molar-refractivity contribution in [1.29, 1.82) is 0 Å². The fourth-order valence-electron chi connectivity index (χ4n) is 3.05. The van der Waals surface area contributed by atoms with Gasteiger partial charge in [0.1, 0.15) is 5.41 Å². The highest BCUT2D eigenvalue weighted by molar-refractivity contribution is 6.11. The van der Waals surface area contributed by atoms with Crippen LogP contribution in [0.15, 0.2) is 35.9 Å². The van der Waals surface area contributed by atoms with Crippen LogP contribution in [0, 0.1) is 5.41 Å². The summed E-state index contributed by atoms with van der Waals surface area (Å²) < 4.78 is 5.02. The number of esters is 1. The minimum atomic E-state index is -1.28. The molecule has 1 aromatic rings. The molecular weight excluding hydrogens is 356 g/mol. The smallest absolute Gasteiger partial charge is 0.340 e. The molecule has 0 atom stereocenters. The zero-order valence-corrected chi connectivity index (χ0v) is 17.0. The zero-order chi connectivity index (χ0) is 20.6. The molecule has 2 N–H and O–H groups in total. The Morgan fingerprint density at radius 1 is 1.11 bits per heavy atom. The van der Waals surface area contributed by atoms with Gasteiger partial charge in [0.05, 0.1) is 17.9 Å². The summed E-state index contributed by atoms with van der Waals surface area (Å²) in [5.74, 6) is -1.32. The van der Waals surface area contributed by atoms with Crippen molar-refractivity contribution in [3.63, 3.8) is 0 Å². The van der Waals surface area contributed by atoms with Crippen molar-refractivity contribution in [2.45, 2.75) is 52.9 Å². The Kier molecular flexibility index (Phi) is 7.79. The second-order valence-electron chi connectivity index (χ2n) is 7.46. The summed E-state index contributed by atoms with van der Waals surface area (Å²) in [5, 5.41) is 5.56. The standard InChI is InChI=1S/C22H30N2O4/c1-4-28-19(25)17-12-8-9-13-18(17)24-21(27)22(2,3)20(26)23-15-14-16-10-6-5-7-11-16/h8-10,12-13H,4-7,11,14-15H2,1-3H3,(H,23,26)(H,24,27).